The number of carbonyl (C=O) groups is 2. The lowest BCUT2D eigenvalue weighted by atomic mass is 9.93. The van der Waals surface area contributed by atoms with E-state index in [1.165, 1.54) is 31.0 Å². The molecule has 0 unspecified atom stereocenters. The summed E-state index contributed by atoms with van der Waals surface area (Å²) in [7, 11) is 1.42. The van der Waals surface area contributed by atoms with Crippen molar-refractivity contribution in [1.82, 2.24) is 0 Å². The molecular formula is C20H20F3NO5. The molecule has 0 aliphatic rings. The predicted molar refractivity (Wildman–Crippen MR) is 98.4 cm³/mol. The number of benzene rings is 2. The Morgan fingerprint density at radius 3 is 2.14 bits per heavy atom. The highest BCUT2D eigenvalue weighted by Crippen LogP contribution is 2.40. The number of hydrogen-bond donors (Lipinski definition) is 1. The molecule has 156 valence electrons. The molecule has 1 atom stereocenters. The molecular weight excluding hydrogens is 391 g/mol. The number of esters is 1. The van der Waals surface area contributed by atoms with Gasteiger partial charge >= 0.3 is 12.1 Å². The molecule has 1 amide bonds. The van der Waals surface area contributed by atoms with Gasteiger partial charge in [-0.15, -0.1) is 0 Å². The topological polar surface area (TPSA) is 76.1 Å². The van der Waals surface area contributed by atoms with E-state index in [0.29, 0.717) is 5.75 Å². The summed E-state index contributed by atoms with van der Waals surface area (Å²) in [5, 5.41) is 10.1. The Balaban J connectivity index is 2.17. The number of amides is 1. The van der Waals surface area contributed by atoms with Crippen LogP contribution >= 0.6 is 0 Å². The number of anilines is 1. The predicted octanol–water partition coefficient (Wildman–Crippen LogP) is 3.04. The van der Waals surface area contributed by atoms with Crippen LogP contribution in [0, 0.1) is 0 Å². The van der Waals surface area contributed by atoms with Crippen molar-refractivity contribution in [3.8, 4) is 5.75 Å². The summed E-state index contributed by atoms with van der Waals surface area (Å²) in [6, 6.07) is 12.8. The summed E-state index contributed by atoms with van der Waals surface area (Å²) in [6.45, 7) is 0.724. The molecule has 2 aromatic rings. The third kappa shape index (κ3) is 4.86. The summed E-state index contributed by atoms with van der Waals surface area (Å²) in [5.74, 6) is -1.77. The maximum absolute atomic E-state index is 13.4. The zero-order valence-corrected chi connectivity index (χ0v) is 15.8. The third-order valence-electron chi connectivity index (χ3n) is 4.13. The lowest BCUT2D eigenvalue weighted by molar-refractivity contribution is -0.267. The van der Waals surface area contributed by atoms with E-state index in [2.05, 4.69) is 4.74 Å². The first-order valence-corrected chi connectivity index (χ1v) is 8.62. The molecule has 2 rings (SSSR count). The van der Waals surface area contributed by atoms with Crippen molar-refractivity contribution in [2.24, 2.45) is 0 Å². The number of aliphatic hydroxyl groups is 1. The van der Waals surface area contributed by atoms with Crippen LogP contribution < -0.4 is 9.64 Å². The second-order valence-corrected chi connectivity index (χ2v) is 6.03. The Morgan fingerprint density at radius 2 is 1.62 bits per heavy atom. The smallest absolute Gasteiger partial charge is 0.432 e. The average Bonchev–Trinajstić information content (AvgIpc) is 2.71. The fourth-order valence-corrected chi connectivity index (χ4v) is 2.46. The van der Waals surface area contributed by atoms with E-state index < -0.39 is 29.2 Å². The lowest BCUT2D eigenvalue weighted by Crippen LogP contribution is -2.50. The van der Waals surface area contributed by atoms with E-state index in [1.807, 2.05) is 0 Å². The van der Waals surface area contributed by atoms with E-state index in [4.69, 9.17) is 4.74 Å². The molecule has 0 fully saturated rings. The normalized spacial score (nSPS) is 13.3. The van der Waals surface area contributed by atoms with E-state index in [-0.39, 0.29) is 18.9 Å². The average molecular weight is 411 g/mol. The van der Waals surface area contributed by atoms with Gasteiger partial charge in [0.2, 0.25) is 0 Å². The summed E-state index contributed by atoms with van der Waals surface area (Å²) >= 11 is 0. The van der Waals surface area contributed by atoms with Crippen LogP contribution in [0.25, 0.3) is 0 Å². The van der Waals surface area contributed by atoms with Gasteiger partial charge in [-0.05, 0) is 31.2 Å². The van der Waals surface area contributed by atoms with Crippen molar-refractivity contribution in [2.75, 3.05) is 25.2 Å². The molecule has 0 spiro atoms. The van der Waals surface area contributed by atoms with Gasteiger partial charge in [0.15, 0.2) is 6.61 Å². The first-order valence-electron chi connectivity index (χ1n) is 8.62. The van der Waals surface area contributed by atoms with Crippen molar-refractivity contribution in [2.45, 2.75) is 18.7 Å². The van der Waals surface area contributed by atoms with Gasteiger partial charge < -0.3 is 19.5 Å². The van der Waals surface area contributed by atoms with Crippen LogP contribution in [-0.2, 0) is 19.9 Å². The van der Waals surface area contributed by atoms with Crippen molar-refractivity contribution in [3.63, 3.8) is 0 Å². The highest BCUT2D eigenvalue weighted by Gasteiger charge is 2.62. The minimum absolute atomic E-state index is 0.254. The van der Waals surface area contributed by atoms with Crippen LogP contribution in [0.3, 0.4) is 0 Å². The molecule has 0 aliphatic carbocycles. The minimum atomic E-state index is -5.29. The number of ether oxygens (including phenoxy) is 2. The van der Waals surface area contributed by atoms with E-state index in [0.717, 1.165) is 12.1 Å². The number of para-hydroxylation sites is 1. The Kier molecular flexibility index (Phi) is 6.86. The number of likely N-dealkylation sites (N-methyl/N-ethyl adjacent to an activating group) is 1. The van der Waals surface area contributed by atoms with Gasteiger partial charge in [-0.1, -0.05) is 30.3 Å². The Morgan fingerprint density at radius 1 is 1.03 bits per heavy atom. The molecule has 0 saturated heterocycles. The fraction of sp³-hybridized carbons (Fsp3) is 0.300. The number of hydrogen-bond acceptors (Lipinski definition) is 5. The monoisotopic (exact) mass is 411 g/mol. The van der Waals surface area contributed by atoms with Crippen molar-refractivity contribution in [1.29, 1.82) is 0 Å². The quantitative estimate of drug-likeness (QED) is 0.709. The molecule has 6 nitrogen and oxygen atoms in total. The largest absolute Gasteiger partial charge is 0.484 e. The van der Waals surface area contributed by atoms with Gasteiger partial charge in [0, 0.05) is 18.3 Å². The van der Waals surface area contributed by atoms with Crippen LogP contribution in [0.1, 0.15) is 12.5 Å². The van der Waals surface area contributed by atoms with Gasteiger partial charge in [0.1, 0.15) is 5.75 Å². The van der Waals surface area contributed by atoms with E-state index in [1.54, 1.807) is 30.3 Å². The van der Waals surface area contributed by atoms with Gasteiger partial charge in [0.25, 0.3) is 11.5 Å². The van der Waals surface area contributed by atoms with Crippen molar-refractivity contribution in [3.05, 3.63) is 60.2 Å². The number of nitrogens with zero attached hydrogens (tertiary/aromatic N) is 1. The van der Waals surface area contributed by atoms with Crippen LogP contribution in [0.2, 0.25) is 0 Å². The van der Waals surface area contributed by atoms with Gasteiger partial charge in [0.05, 0.1) is 6.61 Å². The Hall–Kier alpha value is -3.07. The second-order valence-electron chi connectivity index (χ2n) is 6.03. The number of alkyl halides is 3. The second kappa shape index (κ2) is 8.95. The van der Waals surface area contributed by atoms with Crippen molar-refractivity contribution < 1.29 is 37.3 Å². The minimum Gasteiger partial charge on any atom is -0.484 e. The summed E-state index contributed by atoms with van der Waals surface area (Å²) in [6.07, 6.45) is -5.29. The van der Waals surface area contributed by atoms with Crippen LogP contribution in [0.15, 0.2) is 54.6 Å². The lowest BCUT2D eigenvalue weighted by Gasteiger charge is -2.29. The highest BCUT2D eigenvalue weighted by atomic mass is 19.4. The molecule has 0 radical (unpaired) electrons. The van der Waals surface area contributed by atoms with E-state index >= 15 is 0 Å². The van der Waals surface area contributed by atoms with E-state index in [9.17, 15) is 27.9 Å². The fourth-order valence-electron chi connectivity index (χ4n) is 2.46. The zero-order chi connectivity index (χ0) is 21.7. The molecule has 1 N–H and O–H groups in total. The molecule has 0 saturated carbocycles. The number of carbonyl (C=O) groups excluding carboxylic acids is 2. The molecule has 0 aliphatic heterocycles. The molecule has 9 heteroatoms. The maximum Gasteiger partial charge on any atom is 0.432 e. The Bertz CT molecular complexity index is 839. The first kappa shape index (κ1) is 22.2. The molecule has 2 aromatic carbocycles. The number of halogens is 3. The molecule has 0 bridgehead atoms. The molecule has 0 aromatic heterocycles. The third-order valence-corrected chi connectivity index (χ3v) is 4.13. The molecule has 29 heavy (non-hydrogen) atoms. The number of rotatable bonds is 7. The highest BCUT2D eigenvalue weighted by molar-refractivity contribution is 5.94. The maximum atomic E-state index is 13.4. The summed E-state index contributed by atoms with van der Waals surface area (Å²) in [4.78, 5) is 25.2. The zero-order valence-electron chi connectivity index (χ0n) is 15.8. The molecule has 0 heterocycles. The summed E-state index contributed by atoms with van der Waals surface area (Å²) < 4.78 is 49.9. The van der Waals surface area contributed by atoms with Gasteiger partial charge in [-0.25, -0.2) is 4.79 Å². The summed E-state index contributed by atoms with van der Waals surface area (Å²) in [5.41, 5.74) is -4.27. The van der Waals surface area contributed by atoms with Crippen LogP contribution in [0.4, 0.5) is 18.9 Å². The standard InChI is InChI=1S/C20H20F3NO5/c1-3-28-18(26)19(27,20(21,22)23)14-9-11-15(12-10-14)24(2)17(25)13-29-16-7-5-4-6-8-16/h4-12,27H,3,13H2,1-2H3/t19-/m0/s1. The Labute approximate surface area is 165 Å². The van der Waals surface area contributed by atoms with Crippen LogP contribution in [0.5, 0.6) is 5.75 Å². The first-order chi connectivity index (χ1) is 13.6. The van der Waals surface area contributed by atoms with Crippen LogP contribution in [-0.4, -0.2) is 43.4 Å². The van der Waals surface area contributed by atoms with Gasteiger partial charge in [-0.3, -0.25) is 4.79 Å². The van der Waals surface area contributed by atoms with Crippen molar-refractivity contribution >= 4 is 17.6 Å². The SMILES string of the molecule is CCOC(=O)[C@@](O)(c1ccc(N(C)C(=O)COc2ccccc2)cc1)C(F)(F)F. The van der Waals surface area contributed by atoms with Gasteiger partial charge in [-0.2, -0.15) is 13.2 Å².